The Morgan fingerprint density at radius 2 is 1.70 bits per heavy atom. The van der Waals surface area contributed by atoms with Crippen LogP contribution in [-0.4, -0.2) is 95.1 Å². The number of methoxy groups -OCH3 is 1. The van der Waals surface area contributed by atoms with E-state index in [9.17, 15) is 17.6 Å². The molecule has 1 amide bonds. The molecule has 10 heteroatoms. The maximum Gasteiger partial charge on any atom is 0.407 e. The van der Waals surface area contributed by atoms with E-state index in [1.807, 2.05) is 30.3 Å². The number of anilines is 1. The van der Waals surface area contributed by atoms with E-state index in [-0.39, 0.29) is 34.5 Å². The van der Waals surface area contributed by atoms with Crippen molar-refractivity contribution in [2.45, 2.75) is 85.8 Å². The van der Waals surface area contributed by atoms with Gasteiger partial charge >= 0.3 is 6.09 Å². The molecule has 4 unspecified atom stereocenters. The fourth-order valence-corrected chi connectivity index (χ4v) is 13.4. The molecule has 6 fully saturated rings. The third kappa shape index (κ3) is 6.46. The van der Waals surface area contributed by atoms with Crippen LogP contribution in [0.5, 0.6) is 0 Å². The van der Waals surface area contributed by atoms with Gasteiger partial charge < -0.3 is 24.8 Å². The number of hydrogen-bond acceptors (Lipinski definition) is 7. The fourth-order valence-electron chi connectivity index (χ4n) is 11.2. The van der Waals surface area contributed by atoms with Crippen LogP contribution in [0.4, 0.5) is 14.9 Å². The molecule has 0 radical (unpaired) electrons. The molecule has 1 N–H and O–H groups in total. The van der Waals surface area contributed by atoms with Crippen LogP contribution in [0.15, 0.2) is 53.4 Å². The second-order valence-corrected chi connectivity index (χ2v) is 18.7. The van der Waals surface area contributed by atoms with E-state index in [1.165, 1.54) is 20.0 Å². The minimum atomic E-state index is -3.26. The van der Waals surface area contributed by atoms with Gasteiger partial charge in [0, 0.05) is 49.2 Å². The van der Waals surface area contributed by atoms with Crippen LogP contribution >= 0.6 is 0 Å². The zero-order valence-electron chi connectivity index (χ0n) is 29.6. The number of benzene rings is 2. The maximum absolute atomic E-state index is 15.0. The molecule has 2 aromatic carbocycles. The number of halogens is 1. The summed E-state index contributed by atoms with van der Waals surface area (Å²) in [4.78, 5) is 20.5. The quantitative estimate of drug-likeness (QED) is 0.302. The molecule has 8 rings (SSSR count). The Labute approximate surface area is 298 Å². The number of piperidine rings is 1. The number of alkyl carbamates (subject to hydrolysis) is 1. The van der Waals surface area contributed by atoms with Crippen molar-refractivity contribution in [1.82, 2.24) is 15.1 Å². The van der Waals surface area contributed by atoms with Crippen molar-refractivity contribution in [3.05, 3.63) is 59.9 Å². The number of amides is 1. The number of nitrogens with zero attached hydrogens (tertiary/aromatic N) is 3. The molecular weight excluding hydrogens is 652 g/mol. The van der Waals surface area contributed by atoms with Gasteiger partial charge in [-0.15, -0.1) is 0 Å². The fraction of sp³-hybridized carbons (Fsp3) is 0.675. The second kappa shape index (κ2) is 14.0. The van der Waals surface area contributed by atoms with Gasteiger partial charge in [-0.3, -0.25) is 0 Å². The summed E-state index contributed by atoms with van der Waals surface area (Å²) < 4.78 is 46.8. The van der Waals surface area contributed by atoms with Crippen molar-refractivity contribution in [2.24, 2.45) is 29.6 Å². The smallest absolute Gasteiger partial charge is 0.407 e. The van der Waals surface area contributed by atoms with Crippen LogP contribution in [0.25, 0.3) is 0 Å². The maximum atomic E-state index is 15.0. The van der Waals surface area contributed by atoms with Crippen molar-refractivity contribution in [3.8, 4) is 0 Å². The van der Waals surface area contributed by atoms with Crippen LogP contribution in [0, 0.1) is 35.4 Å². The molecule has 0 aromatic heterocycles. The van der Waals surface area contributed by atoms with Gasteiger partial charge in [0.25, 0.3) is 0 Å². The molecule has 50 heavy (non-hydrogen) atoms. The number of carbonyl (C=O) groups excluding carboxylic acids is 1. The highest BCUT2D eigenvalue weighted by Gasteiger charge is 2.53. The lowest BCUT2D eigenvalue weighted by atomic mass is 9.57. The van der Waals surface area contributed by atoms with Crippen molar-refractivity contribution in [2.75, 3.05) is 64.4 Å². The zero-order valence-corrected chi connectivity index (χ0v) is 30.5. The molecule has 3 saturated carbocycles. The number of hydrogen-bond donors (Lipinski definition) is 1. The van der Waals surface area contributed by atoms with Crippen LogP contribution in [0.3, 0.4) is 0 Å². The second-order valence-electron chi connectivity index (χ2n) is 16.6. The minimum absolute atomic E-state index is 0.0120. The molecule has 3 heterocycles. The Balaban J connectivity index is 0.916. The predicted molar refractivity (Wildman–Crippen MR) is 194 cm³/mol. The molecule has 8 nitrogen and oxygen atoms in total. The van der Waals surface area contributed by atoms with Gasteiger partial charge in [0.05, 0.1) is 17.3 Å². The van der Waals surface area contributed by atoms with E-state index in [0.29, 0.717) is 28.6 Å². The number of rotatable bonds is 11. The lowest BCUT2D eigenvalue weighted by Gasteiger charge is -2.54. The van der Waals surface area contributed by atoms with Gasteiger partial charge in [0.2, 0.25) is 0 Å². The van der Waals surface area contributed by atoms with Crippen molar-refractivity contribution < 1.29 is 22.3 Å². The lowest BCUT2D eigenvalue weighted by Crippen LogP contribution is -2.60. The normalized spacial score (nSPS) is 30.5. The average molecular weight is 707 g/mol. The van der Waals surface area contributed by atoms with E-state index in [1.54, 1.807) is 12.1 Å². The Bertz CT molecular complexity index is 1620. The molecule has 6 atom stereocenters. The van der Waals surface area contributed by atoms with Gasteiger partial charge in [0.15, 0.2) is 9.84 Å². The lowest BCUT2D eigenvalue weighted by molar-refractivity contribution is 0.0223. The molecule has 6 aliphatic rings. The van der Waals surface area contributed by atoms with E-state index >= 15 is 0 Å². The molecule has 2 aromatic rings. The first-order chi connectivity index (χ1) is 24.2. The van der Waals surface area contributed by atoms with Crippen LogP contribution in [0.1, 0.15) is 69.8 Å². The summed E-state index contributed by atoms with van der Waals surface area (Å²) in [5.41, 5.74) is 1.96. The van der Waals surface area contributed by atoms with Crippen LogP contribution in [0.2, 0.25) is 0 Å². The Morgan fingerprint density at radius 1 is 0.920 bits per heavy atom. The van der Waals surface area contributed by atoms with Gasteiger partial charge in [-0.2, -0.15) is 0 Å². The zero-order chi connectivity index (χ0) is 34.5. The monoisotopic (exact) mass is 706 g/mol. The number of fused-ring (bicyclic) bond motifs is 2. The first-order valence-corrected chi connectivity index (χ1v) is 20.9. The summed E-state index contributed by atoms with van der Waals surface area (Å²) in [6.45, 7) is 8.16. The number of carbonyl (C=O) groups is 1. The first kappa shape index (κ1) is 34.4. The largest absolute Gasteiger partial charge is 0.453 e. The average Bonchev–Trinajstić information content (AvgIpc) is 3.85. The number of nitrogens with one attached hydrogen (secondary N) is 1. The molecule has 0 spiro atoms. The van der Waals surface area contributed by atoms with Crippen LogP contribution in [-0.2, 0) is 20.0 Å². The summed E-state index contributed by atoms with van der Waals surface area (Å²) in [6.07, 6.45) is 10.1. The molecule has 3 aliphatic heterocycles. The van der Waals surface area contributed by atoms with E-state index in [4.69, 9.17) is 4.74 Å². The van der Waals surface area contributed by atoms with Gasteiger partial charge in [-0.05, 0) is 143 Å². The number of ether oxygens (including phenoxy) is 1. The van der Waals surface area contributed by atoms with E-state index < -0.39 is 9.84 Å². The Morgan fingerprint density at radius 3 is 2.34 bits per heavy atom. The highest BCUT2D eigenvalue weighted by atomic mass is 32.2. The van der Waals surface area contributed by atoms with Crippen molar-refractivity contribution in [3.63, 3.8) is 0 Å². The van der Waals surface area contributed by atoms with E-state index in [0.717, 1.165) is 115 Å². The van der Waals surface area contributed by atoms with E-state index in [2.05, 4.69) is 26.1 Å². The van der Waals surface area contributed by atoms with Crippen LogP contribution < -0.4 is 10.2 Å². The standard InChI is InChI=1S/C40H55FN4O4S/c1-49-39(46)42-37-8-3-7-36(37)40(27-44-17-4-18-44,32-5-2-6-33(41)23-32)31-15-19-43(20-16-31)24-29-25-45(26-29)34-11-13-35(14-12-34)50(47,48)38-22-28-9-10-30(38)21-28/h2,5-6,11-14,23,28-31,36-38H,3-4,7-10,15-22,24-27H2,1H3,(H,42,46)/t28?,30?,36-,37-,38?,40?/m0/s1. The summed E-state index contributed by atoms with van der Waals surface area (Å²) in [5, 5.41) is 3.01. The number of likely N-dealkylation sites (tertiary alicyclic amines) is 2. The SMILES string of the molecule is COC(=O)N[C@H]1CCC[C@@H]1C(CN1CCC1)(c1cccc(F)c1)C1CCN(CC2CN(c3ccc(S(=O)(=O)C4CC5CCC4C5)cc3)C2)CC1. The highest BCUT2D eigenvalue weighted by Crippen LogP contribution is 2.52. The van der Waals surface area contributed by atoms with Gasteiger partial charge in [0.1, 0.15) is 5.82 Å². The molecule has 3 saturated heterocycles. The minimum Gasteiger partial charge on any atom is -0.453 e. The van der Waals surface area contributed by atoms with Gasteiger partial charge in [-0.1, -0.05) is 25.0 Å². The topological polar surface area (TPSA) is 82.2 Å². The molecular formula is C40H55FN4O4S. The summed E-state index contributed by atoms with van der Waals surface area (Å²) in [7, 11) is -1.83. The highest BCUT2D eigenvalue weighted by molar-refractivity contribution is 7.92. The summed E-state index contributed by atoms with van der Waals surface area (Å²) in [6, 6.07) is 15.1. The predicted octanol–water partition coefficient (Wildman–Crippen LogP) is 6.10. The molecule has 2 bridgehead atoms. The Kier molecular flexibility index (Phi) is 9.65. The first-order valence-electron chi connectivity index (χ1n) is 19.4. The third-order valence-corrected chi connectivity index (χ3v) is 16.2. The molecule has 3 aliphatic carbocycles. The third-order valence-electron chi connectivity index (χ3n) is 13.9. The van der Waals surface area contributed by atoms with Crippen molar-refractivity contribution >= 4 is 21.6 Å². The Hall–Kier alpha value is -2.69. The van der Waals surface area contributed by atoms with Crippen molar-refractivity contribution in [1.29, 1.82) is 0 Å². The van der Waals surface area contributed by atoms with Gasteiger partial charge in [-0.25, -0.2) is 17.6 Å². The number of sulfone groups is 1. The summed E-state index contributed by atoms with van der Waals surface area (Å²) >= 11 is 0. The summed E-state index contributed by atoms with van der Waals surface area (Å²) in [5.74, 6) is 1.97. The molecule has 272 valence electrons.